The van der Waals surface area contributed by atoms with Crippen molar-refractivity contribution in [3.63, 3.8) is 0 Å². The van der Waals surface area contributed by atoms with Crippen molar-refractivity contribution in [1.29, 1.82) is 0 Å². The van der Waals surface area contributed by atoms with Crippen molar-refractivity contribution in [2.24, 2.45) is 0 Å². The molecule has 0 saturated carbocycles. The number of hydrogen-bond acceptors (Lipinski definition) is 6. The van der Waals surface area contributed by atoms with Crippen LogP contribution in [0.3, 0.4) is 0 Å². The van der Waals surface area contributed by atoms with Crippen molar-refractivity contribution in [3.8, 4) is 0 Å². The highest BCUT2D eigenvalue weighted by Gasteiger charge is 2.36. The Kier molecular flexibility index (Phi) is 19.6. The molecule has 246 valence electrons. The summed E-state index contributed by atoms with van der Waals surface area (Å²) < 4.78 is 32.4. The number of carbonyl (C=O) groups is 1. The smallest absolute Gasteiger partial charge is 0.305 e. The molecule has 0 spiro atoms. The number of rotatable bonds is 24. The SMILES string of the molecule is CCCCCCCC(O[Si](C)(C)C)C(CCC(O[Si](C)(C)C)C(CCCCC(=O)OC)O[Si](C)(C)C)O[Si](C)(C)C. The van der Waals surface area contributed by atoms with Gasteiger partial charge in [-0.15, -0.1) is 0 Å². The van der Waals surface area contributed by atoms with Crippen LogP contribution in [0.2, 0.25) is 78.6 Å². The lowest BCUT2D eigenvalue weighted by atomic mass is 9.97. The van der Waals surface area contributed by atoms with E-state index in [2.05, 4.69) is 85.5 Å². The van der Waals surface area contributed by atoms with Crippen LogP contribution in [0.4, 0.5) is 0 Å². The summed E-state index contributed by atoms with van der Waals surface area (Å²) in [5.74, 6) is -0.142. The van der Waals surface area contributed by atoms with E-state index < -0.39 is 33.3 Å². The predicted molar refractivity (Wildman–Crippen MR) is 186 cm³/mol. The van der Waals surface area contributed by atoms with Crippen LogP contribution in [0, 0.1) is 0 Å². The standard InChI is InChI=1S/C31H70O6Si4/c1-15-16-17-18-19-22-27(34-38(3,4)5)29(36-40(9,10)11)25-26-30(37-41(12,13)14)28(35-39(6,7)8)23-20-21-24-31(32)33-2/h27-30H,15-26H2,1-14H3. The van der Waals surface area contributed by atoms with E-state index in [0.29, 0.717) is 6.42 Å². The van der Waals surface area contributed by atoms with Crippen LogP contribution in [0.15, 0.2) is 0 Å². The van der Waals surface area contributed by atoms with Gasteiger partial charge in [0.1, 0.15) is 0 Å². The zero-order valence-electron chi connectivity index (χ0n) is 29.7. The van der Waals surface area contributed by atoms with E-state index in [1.165, 1.54) is 39.2 Å². The number of esters is 1. The molecule has 0 fully saturated rings. The van der Waals surface area contributed by atoms with Crippen LogP contribution in [0.25, 0.3) is 0 Å². The molecule has 0 radical (unpaired) electrons. The zero-order valence-corrected chi connectivity index (χ0v) is 33.7. The fourth-order valence-electron chi connectivity index (χ4n) is 5.09. The zero-order chi connectivity index (χ0) is 31.9. The highest BCUT2D eigenvalue weighted by atomic mass is 28.4. The molecular weight excluding hydrogens is 581 g/mol. The minimum atomic E-state index is -1.84. The largest absolute Gasteiger partial charge is 0.469 e. The molecule has 0 aliphatic rings. The van der Waals surface area contributed by atoms with E-state index in [9.17, 15) is 4.79 Å². The Hall–Kier alpha value is 0.178. The van der Waals surface area contributed by atoms with Crippen LogP contribution < -0.4 is 0 Å². The van der Waals surface area contributed by atoms with Gasteiger partial charge in [-0.05, 0) is 111 Å². The number of unbranched alkanes of at least 4 members (excludes halogenated alkanes) is 5. The third-order valence-electron chi connectivity index (χ3n) is 6.52. The summed E-state index contributed by atoms with van der Waals surface area (Å²) in [6.07, 6.45) is 12.5. The monoisotopic (exact) mass is 650 g/mol. The van der Waals surface area contributed by atoms with Crippen LogP contribution in [-0.4, -0.2) is 70.8 Å². The van der Waals surface area contributed by atoms with E-state index in [1.807, 2.05) is 0 Å². The second kappa shape index (κ2) is 19.5. The first-order valence-corrected chi connectivity index (χ1v) is 30.1. The fourth-order valence-corrected chi connectivity index (χ4v) is 9.81. The first-order valence-electron chi connectivity index (χ1n) is 16.4. The molecule has 0 aromatic heterocycles. The molecule has 41 heavy (non-hydrogen) atoms. The number of hydrogen-bond donors (Lipinski definition) is 0. The van der Waals surface area contributed by atoms with Crippen molar-refractivity contribution in [2.45, 2.75) is 187 Å². The maximum atomic E-state index is 11.7. The van der Waals surface area contributed by atoms with Gasteiger partial charge < -0.3 is 22.4 Å². The summed E-state index contributed by atoms with van der Waals surface area (Å²) >= 11 is 0. The van der Waals surface area contributed by atoms with Gasteiger partial charge in [0.2, 0.25) is 0 Å². The molecular formula is C31H70O6Si4. The van der Waals surface area contributed by atoms with E-state index in [1.54, 1.807) is 0 Å². The molecule has 0 heterocycles. The lowest BCUT2D eigenvalue weighted by Crippen LogP contribution is -2.47. The van der Waals surface area contributed by atoms with Gasteiger partial charge in [-0.3, -0.25) is 4.79 Å². The summed E-state index contributed by atoms with van der Waals surface area (Å²) in [6.45, 7) is 29.6. The first-order chi connectivity index (χ1) is 18.7. The molecule has 0 bridgehead atoms. The Bertz CT molecular complexity index is 695. The molecule has 4 atom stereocenters. The lowest BCUT2D eigenvalue weighted by Gasteiger charge is -2.39. The maximum Gasteiger partial charge on any atom is 0.305 e. The van der Waals surface area contributed by atoms with E-state index in [4.69, 9.17) is 22.4 Å². The van der Waals surface area contributed by atoms with Crippen LogP contribution in [-0.2, 0) is 27.2 Å². The minimum Gasteiger partial charge on any atom is -0.469 e. The average Bonchev–Trinajstić information content (AvgIpc) is 2.78. The second-order valence-electron chi connectivity index (χ2n) is 15.7. The molecule has 0 N–H and O–H groups in total. The van der Waals surface area contributed by atoms with Gasteiger partial charge in [0.25, 0.3) is 0 Å². The molecule has 0 aliphatic heterocycles. The van der Waals surface area contributed by atoms with Gasteiger partial charge in [-0.2, -0.15) is 0 Å². The summed E-state index contributed by atoms with van der Waals surface area (Å²) in [5, 5.41) is 0. The van der Waals surface area contributed by atoms with Gasteiger partial charge >= 0.3 is 5.97 Å². The Labute approximate surface area is 259 Å². The quantitative estimate of drug-likeness (QED) is 0.0589. The maximum absolute atomic E-state index is 11.7. The van der Waals surface area contributed by atoms with Crippen LogP contribution in [0.5, 0.6) is 0 Å². The van der Waals surface area contributed by atoms with E-state index >= 15 is 0 Å². The summed E-state index contributed by atoms with van der Waals surface area (Å²) in [5.41, 5.74) is 0. The van der Waals surface area contributed by atoms with Crippen molar-refractivity contribution in [3.05, 3.63) is 0 Å². The van der Waals surface area contributed by atoms with Gasteiger partial charge in [-0.25, -0.2) is 0 Å². The Morgan fingerprint density at radius 1 is 0.488 bits per heavy atom. The molecule has 10 heteroatoms. The van der Waals surface area contributed by atoms with E-state index in [-0.39, 0.29) is 30.4 Å². The highest BCUT2D eigenvalue weighted by molar-refractivity contribution is 6.71. The van der Waals surface area contributed by atoms with Gasteiger partial charge in [0, 0.05) is 6.42 Å². The fraction of sp³-hybridized carbons (Fsp3) is 0.968. The van der Waals surface area contributed by atoms with E-state index in [0.717, 1.165) is 38.5 Å². The van der Waals surface area contributed by atoms with Gasteiger partial charge in [0.15, 0.2) is 33.3 Å². The molecule has 0 amide bonds. The number of methoxy groups -OCH3 is 1. The molecule has 0 saturated heterocycles. The minimum absolute atomic E-state index is 0.0105. The van der Waals surface area contributed by atoms with Gasteiger partial charge in [0.05, 0.1) is 31.5 Å². The molecule has 0 aromatic carbocycles. The molecule has 6 nitrogen and oxygen atoms in total. The third kappa shape index (κ3) is 24.2. The summed E-state index contributed by atoms with van der Waals surface area (Å²) in [6, 6.07) is 0. The molecule has 0 rings (SSSR count). The third-order valence-corrected chi connectivity index (χ3v) is 10.6. The van der Waals surface area contributed by atoms with Crippen LogP contribution in [0.1, 0.15) is 84.0 Å². The Morgan fingerprint density at radius 3 is 1.12 bits per heavy atom. The van der Waals surface area contributed by atoms with Crippen molar-refractivity contribution >= 4 is 39.2 Å². The molecule has 0 aromatic rings. The van der Waals surface area contributed by atoms with Crippen molar-refractivity contribution in [1.82, 2.24) is 0 Å². The van der Waals surface area contributed by atoms with Crippen molar-refractivity contribution < 1.29 is 27.2 Å². The average molecular weight is 651 g/mol. The summed E-state index contributed by atoms with van der Waals surface area (Å²) in [7, 11) is -5.78. The van der Waals surface area contributed by atoms with Crippen LogP contribution >= 0.6 is 0 Å². The number of carbonyl (C=O) groups excluding carboxylic acids is 1. The topological polar surface area (TPSA) is 63.2 Å². The highest BCUT2D eigenvalue weighted by Crippen LogP contribution is 2.29. The van der Waals surface area contributed by atoms with Gasteiger partial charge in [-0.1, -0.05) is 45.4 Å². The summed E-state index contributed by atoms with van der Waals surface area (Å²) in [4.78, 5) is 11.7. The normalized spacial score (nSPS) is 16.3. The van der Waals surface area contributed by atoms with Crippen molar-refractivity contribution in [2.75, 3.05) is 7.11 Å². The predicted octanol–water partition coefficient (Wildman–Crippen LogP) is 9.74. The Balaban J connectivity index is 5.99. The first kappa shape index (κ1) is 41.2. The molecule has 0 aliphatic carbocycles. The lowest BCUT2D eigenvalue weighted by molar-refractivity contribution is -0.140. The molecule has 4 unspecified atom stereocenters. The second-order valence-corrected chi connectivity index (χ2v) is 33.5. The Morgan fingerprint density at radius 2 is 0.805 bits per heavy atom. The number of ether oxygens (including phenoxy) is 1.